The van der Waals surface area contributed by atoms with Crippen molar-refractivity contribution in [2.45, 2.75) is 65.6 Å². The molecule has 0 radical (unpaired) electrons. The van der Waals surface area contributed by atoms with E-state index in [1.165, 1.54) is 12.1 Å². The highest BCUT2D eigenvalue weighted by atomic mass is 19.4. The maximum Gasteiger partial charge on any atom is 0.422 e. The van der Waals surface area contributed by atoms with Gasteiger partial charge in [-0.25, -0.2) is 9.97 Å². The molecule has 0 saturated carbocycles. The second kappa shape index (κ2) is 13.9. The van der Waals surface area contributed by atoms with Gasteiger partial charge in [-0.3, -0.25) is 9.59 Å². The number of ether oxygens (including phenoxy) is 2. The molecule has 0 aliphatic rings. The molecule has 0 bridgehead atoms. The summed E-state index contributed by atoms with van der Waals surface area (Å²) in [5.74, 6) is -0.610. The maximum atomic E-state index is 13.2. The first-order valence-electron chi connectivity index (χ1n) is 12.2. The van der Waals surface area contributed by atoms with Gasteiger partial charge in [0.05, 0.1) is 17.3 Å². The Kier molecular flexibility index (Phi) is 11.3. The number of aryl methyl sites for hydroxylation is 2. The van der Waals surface area contributed by atoms with E-state index in [-0.39, 0.29) is 23.3 Å². The van der Waals surface area contributed by atoms with Crippen LogP contribution in [0.4, 0.5) is 19.0 Å². The van der Waals surface area contributed by atoms with Crippen LogP contribution < -0.4 is 15.4 Å². The van der Waals surface area contributed by atoms with Crippen molar-refractivity contribution >= 4 is 17.6 Å². The summed E-state index contributed by atoms with van der Waals surface area (Å²) < 4.78 is 47.6. The van der Waals surface area contributed by atoms with E-state index in [4.69, 9.17) is 9.47 Å². The van der Waals surface area contributed by atoms with Gasteiger partial charge in [-0.1, -0.05) is 20.3 Å². The van der Waals surface area contributed by atoms with Gasteiger partial charge in [0, 0.05) is 31.4 Å². The van der Waals surface area contributed by atoms with E-state index in [9.17, 15) is 22.8 Å². The minimum atomic E-state index is -4.50. The Morgan fingerprint density at radius 3 is 2.43 bits per heavy atom. The molecule has 0 spiro atoms. The summed E-state index contributed by atoms with van der Waals surface area (Å²) in [6, 6.07) is 5.74. The summed E-state index contributed by atoms with van der Waals surface area (Å²) >= 11 is 0. The third kappa shape index (κ3) is 10.4. The van der Waals surface area contributed by atoms with E-state index in [0.29, 0.717) is 36.7 Å². The van der Waals surface area contributed by atoms with Crippen LogP contribution >= 0.6 is 0 Å². The zero-order valence-electron chi connectivity index (χ0n) is 21.9. The van der Waals surface area contributed by atoms with Gasteiger partial charge in [0.1, 0.15) is 5.82 Å². The quantitative estimate of drug-likeness (QED) is 0.351. The first-order valence-corrected chi connectivity index (χ1v) is 12.2. The summed E-state index contributed by atoms with van der Waals surface area (Å²) in [7, 11) is 1.61. The molecule has 0 fully saturated rings. The minimum absolute atomic E-state index is 0.171. The number of halogens is 3. The Labute approximate surface area is 215 Å². The molecule has 1 unspecified atom stereocenters. The van der Waals surface area contributed by atoms with Crippen molar-refractivity contribution in [3.05, 3.63) is 46.8 Å². The van der Waals surface area contributed by atoms with Crippen LogP contribution in [0.1, 0.15) is 73.4 Å². The monoisotopic (exact) mass is 524 g/mol. The van der Waals surface area contributed by atoms with Crippen molar-refractivity contribution in [1.82, 2.24) is 15.3 Å². The maximum absolute atomic E-state index is 13.2. The van der Waals surface area contributed by atoms with Crippen LogP contribution in [0, 0.1) is 12.8 Å². The summed E-state index contributed by atoms with van der Waals surface area (Å²) in [5, 5.41) is 5.67. The van der Waals surface area contributed by atoms with Crippen molar-refractivity contribution in [2.24, 2.45) is 5.92 Å². The lowest BCUT2D eigenvalue weighted by molar-refractivity contribution is -0.154. The molecular weight excluding hydrogens is 489 g/mol. The first kappa shape index (κ1) is 30.0. The van der Waals surface area contributed by atoms with Crippen molar-refractivity contribution in [3.8, 4) is 5.88 Å². The van der Waals surface area contributed by atoms with Gasteiger partial charge >= 0.3 is 6.18 Å². The number of carbonyl (C=O) groups is 2. The molecule has 0 saturated heterocycles. The standard InChI is InChI=1S/C26H35F3N4O4/c1-16(2)24(34)33-22-14-19(13-17(3)30-22)18(4)31-25(35)20-10-11-23(37-15-26(27,28)29)32-21(20)9-7-6-8-12-36-5/h10-11,13-14,16,18H,6-9,12,15H2,1-5H3,(H,31,35)(H,30,33,34). The Morgan fingerprint density at radius 1 is 1.05 bits per heavy atom. The number of amides is 2. The first-order chi connectivity index (χ1) is 17.4. The molecule has 0 aromatic carbocycles. The number of nitrogens with one attached hydrogen (secondary N) is 2. The third-order valence-corrected chi connectivity index (χ3v) is 5.44. The molecule has 2 amide bonds. The number of unbranched alkanes of at least 4 members (excludes halogenated alkanes) is 2. The second-order valence-electron chi connectivity index (χ2n) is 9.12. The summed E-state index contributed by atoms with van der Waals surface area (Å²) in [6.07, 6.45) is -1.80. The van der Waals surface area contributed by atoms with Crippen LogP contribution in [0.15, 0.2) is 24.3 Å². The highest BCUT2D eigenvalue weighted by Gasteiger charge is 2.29. The van der Waals surface area contributed by atoms with Crippen molar-refractivity contribution in [1.29, 1.82) is 0 Å². The van der Waals surface area contributed by atoms with Crippen molar-refractivity contribution in [3.63, 3.8) is 0 Å². The number of nitrogens with zero attached hydrogens (tertiary/aromatic N) is 2. The molecule has 11 heteroatoms. The zero-order valence-corrected chi connectivity index (χ0v) is 21.9. The lowest BCUT2D eigenvalue weighted by Crippen LogP contribution is -2.28. The van der Waals surface area contributed by atoms with E-state index < -0.39 is 24.7 Å². The van der Waals surface area contributed by atoms with Crippen molar-refractivity contribution in [2.75, 3.05) is 25.6 Å². The Balaban J connectivity index is 2.20. The fourth-order valence-electron chi connectivity index (χ4n) is 3.47. The Bertz CT molecular complexity index is 1060. The van der Waals surface area contributed by atoms with Crippen LogP contribution in [0.5, 0.6) is 5.88 Å². The van der Waals surface area contributed by atoms with E-state index in [2.05, 4.69) is 20.6 Å². The van der Waals surface area contributed by atoms with Gasteiger partial charge in [-0.05, 0) is 56.9 Å². The number of alkyl halides is 3. The summed E-state index contributed by atoms with van der Waals surface area (Å²) in [5.41, 5.74) is 2.02. The molecule has 2 N–H and O–H groups in total. The number of aromatic nitrogens is 2. The predicted molar refractivity (Wildman–Crippen MR) is 134 cm³/mol. The summed E-state index contributed by atoms with van der Waals surface area (Å²) in [4.78, 5) is 33.8. The molecule has 0 aliphatic heterocycles. The lowest BCUT2D eigenvalue weighted by Gasteiger charge is -2.18. The molecule has 2 aromatic rings. The number of carbonyl (C=O) groups excluding carboxylic acids is 2. The number of pyridine rings is 2. The molecular formula is C26H35F3N4O4. The highest BCUT2D eigenvalue weighted by molar-refractivity contribution is 5.95. The zero-order chi connectivity index (χ0) is 27.6. The molecule has 1 atom stereocenters. The molecule has 37 heavy (non-hydrogen) atoms. The number of methoxy groups -OCH3 is 1. The van der Waals surface area contributed by atoms with Gasteiger partial charge in [0.25, 0.3) is 5.91 Å². The number of rotatable bonds is 13. The second-order valence-corrected chi connectivity index (χ2v) is 9.12. The van der Waals surface area contributed by atoms with Crippen LogP contribution in [0.3, 0.4) is 0 Å². The van der Waals surface area contributed by atoms with Crippen molar-refractivity contribution < 1.29 is 32.2 Å². The van der Waals surface area contributed by atoms with Gasteiger partial charge in [0.15, 0.2) is 6.61 Å². The van der Waals surface area contributed by atoms with E-state index >= 15 is 0 Å². The Morgan fingerprint density at radius 2 is 1.78 bits per heavy atom. The average Bonchev–Trinajstić information content (AvgIpc) is 2.81. The number of hydrogen-bond acceptors (Lipinski definition) is 6. The molecule has 2 heterocycles. The minimum Gasteiger partial charge on any atom is -0.468 e. The van der Waals surface area contributed by atoms with Crippen LogP contribution in [-0.4, -0.2) is 48.3 Å². The number of anilines is 1. The topological polar surface area (TPSA) is 102 Å². The molecule has 204 valence electrons. The van der Waals surface area contributed by atoms with Gasteiger partial charge < -0.3 is 20.1 Å². The molecule has 8 nitrogen and oxygen atoms in total. The molecule has 0 aliphatic carbocycles. The van der Waals surface area contributed by atoms with E-state index in [1.54, 1.807) is 46.9 Å². The predicted octanol–water partition coefficient (Wildman–Crippen LogP) is 5.17. The normalized spacial score (nSPS) is 12.4. The Hall–Kier alpha value is -3.21. The van der Waals surface area contributed by atoms with Crippen LogP contribution in [0.2, 0.25) is 0 Å². The van der Waals surface area contributed by atoms with E-state index in [1.807, 2.05) is 0 Å². The molecule has 2 rings (SSSR count). The summed E-state index contributed by atoms with van der Waals surface area (Å²) in [6.45, 7) is 6.26. The van der Waals surface area contributed by atoms with Gasteiger partial charge in [-0.15, -0.1) is 0 Å². The van der Waals surface area contributed by atoms with E-state index in [0.717, 1.165) is 18.4 Å². The lowest BCUT2D eigenvalue weighted by atomic mass is 10.0. The smallest absolute Gasteiger partial charge is 0.422 e. The van der Waals surface area contributed by atoms with Crippen LogP contribution in [0.25, 0.3) is 0 Å². The fraction of sp³-hybridized carbons (Fsp3) is 0.538. The molecule has 2 aromatic heterocycles. The van der Waals surface area contributed by atoms with Gasteiger partial charge in [-0.2, -0.15) is 13.2 Å². The number of hydrogen-bond donors (Lipinski definition) is 2. The van der Waals surface area contributed by atoms with Crippen LogP contribution in [-0.2, 0) is 16.0 Å². The average molecular weight is 525 g/mol. The highest BCUT2D eigenvalue weighted by Crippen LogP contribution is 2.22. The van der Waals surface area contributed by atoms with Gasteiger partial charge in [0.2, 0.25) is 11.8 Å². The largest absolute Gasteiger partial charge is 0.468 e. The SMILES string of the molecule is COCCCCCc1nc(OCC(F)(F)F)ccc1C(=O)NC(C)c1cc(C)nc(NC(=O)C(C)C)c1. The fourth-order valence-corrected chi connectivity index (χ4v) is 3.47. The third-order valence-electron chi connectivity index (χ3n) is 5.44.